The van der Waals surface area contributed by atoms with Crippen molar-refractivity contribution in [3.63, 3.8) is 0 Å². The summed E-state index contributed by atoms with van der Waals surface area (Å²) in [4.78, 5) is 4.37. The van der Waals surface area contributed by atoms with E-state index in [1.165, 1.54) is 18.7 Å². The minimum atomic E-state index is 0.661. The largest absolute Gasteiger partial charge is 0.374 e. The number of hydrogen-bond donors (Lipinski definition) is 1. The van der Waals surface area contributed by atoms with Crippen molar-refractivity contribution >= 4 is 5.84 Å². The van der Waals surface area contributed by atoms with Gasteiger partial charge in [-0.2, -0.15) is 0 Å². The molecule has 0 saturated carbocycles. The first-order valence-corrected chi connectivity index (χ1v) is 4.12. The standard InChI is InChI=1S/C8H16N2/c1-3-9-8-7(2)5-4-6-10-8/h7H,3-6H2,1-2H3,(H,9,10). The van der Waals surface area contributed by atoms with Crippen molar-refractivity contribution in [3.05, 3.63) is 0 Å². The number of rotatable bonds is 1. The minimum Gasteiger partial charge on any atom is -0.374 e. The Hall–Kier alpha value is -0.530. The highest BCUT2D eigenvalue weighted by Crippen LogP contribution is 2.10. The Kier molecular flexibility index (Phi) is 2.72. The summed E-state index contributed by atoms with van der Waals surface area (Å²) >= 11 is 0. The van der Waals surface area contributed by atoms with Crippen molar-refractivity contribution in [2.75, 3.05) is 13.1 Å². The van der Waals surface area contributed by atoms with Crippen LogP contribution in [0.3, 0.4) is 0 Å². The Bertz CT molecular complexity index is 129. The molecule has 1 saturated heterocycles. The number of amidine groups is 1. The average molecular weight is 140 g/mol. The van der Waals surface area contributed by atoms with Crippen LogP contribution in [0.1, 0.15) is 26.7 Å². The highest BCUT2D eigenvalue weighted by molar-refractivity contribution is 5.84. The van der Waals surface area contributed by atoms with Crippen LogP contribution in [0, 0.1) is 5.92 Å². The third-order valence-corrected chi connectivity index (χ3v) is 1.92. The highest BCUT2D eigenvalue weighted by Gasteiger charge is 2.13. The van der Waals surface area contributed by atoms with E-state index in [2.05, 4.69) is 24.2 Å². The second kappa shape index (κ2) is 3.59. The highest BCUT2D eigenvalue weighted by atomic mass is 15.0. The van der Waals surface area contributed by atoms with Gasteiger partial charge in [-0.25, -0.2) is 0 Å². The molecule has 2 nitrogen and oxygen atoms in total. The molecule has 0 spiro atoms. The molecule has 1 unspecified atom stereocenters. The van der Waals surface area contributed by atoms with Crippen LogP contribution in [0.25, 0.3) is 0 Å². The number of aliphatic imine (C=N–C) groups is 1. The maximum atomic E-state index is 4.37. The second-order valence-corrected chi connectivity index (χ2v) is 2.83. The first-order chi connectivity index (χ1) is 4.84. The quantitative estimate of drug-likeness (QED) is 0.585. The van der Waals surface area contributed by atoms with Gasteiger partial charge in [0.05, 0.1) is 5.84 Å². The van der Waals surface area contributed by atoms with Crippen molar-refractivity contribution < 1.29 is 0 Å². The van der Waals surface area contributed by atoms with Crippen molar-refractivity contribution in [2.24, 2.45) is 10.9 Å². The van der Waals surface area contributed by atoms with Gasteiger partial charge in [0.1, 0.15) is 0 Å². The average Bonchev–Trinajstić information content (AvgIpc) is 1.94. The van der Waals surface area contributed by atoms with Crippen LogP contribution in [0.4, 0.5) is 0 Å². The summed E-state index contributed by atoms with van der Waals surface area (Å²) in [5.41, 5.74) is 0. The smallest absolute Gasteiger partial charge is 0.0991 e. The molecule has 0 aromatic heterocycles. The van der Waals surface area contributed by atoms with E-state index in [1.54, 1.807) is 0 Å². The summed E-state index contributed by atoms with van der Waals surface area (Å²) in [6, 6.07) is 0. The predicted octanol–water partition coefficient (Wildman–Crippen LogP) is 1.42. The summed E-state index contributed by atoms with van der Waals surface area (Å²) in [6.07, 6.45) is 2.59. The molecule has 0 radical (unpaired) electrons. The topological polar surface area (TPSA) is 24.4 Å². The predicted molar refractivity (Wildman–Crippen MR) is 44.4 cm³/mol. The van der Waals surface area contributed by atoms with E-state index >= 15 is 0 Å². The summed E-state index contributed by atoms with van der Waals surface area (Å²) in [6.45, 7) is 6.34. The SMILES string of the molecule is CCN=C1NCCCC1C. The molecule has 0 aliphatic carbocycles. The molecule has 2 heteroatoms. The van der Waals surface area contributed by atoms with Gasteiger partial charge >= 0.3 is 0 Å². The number of nitrogens with zero attached hydrogens (tertiary/aromatic N) is 1. The van der Waals surface area contributed by atoms with Crippen LogP contribution in [0.15, 0.2) is 4.99 Å². The van der Waals surface area contributed by atoms with Gasteiger partial charge in [0.2, 0.25) is 0 Å². The van der Waals surface area contributed by atoms with E-state index in [9.17, 15) is 0 Å². The van der Waals surface area contributed by atoms with Gasteiger partial charge in [0, 0.05) is 19.0 Å². The van der Waals surface area contributed by atoms with Gasteiger partial charge in [-0.1, -0.05) is 6.92 Å². The third-order valence-electron chi connectivity index (χ3n) is 1.92. The van der Waals surface area contributed by atoms with Gasteiger partial charge in [-0.05, 0) is 19.8 Å². The van der Waals surface area contributed by atoms with Gasteiger partial charge < -0.3 is 5.32 Å². The number of hydrogen-bond acceptors (Lipinski definition) is 1. The van der Waals surface area contributed by atoms with Crippen LogP contribution in [-0.2, 0) is 0 Å². The third kappa shape index (κ3) is 1.72. The molecule has 1 rings (SSSR count). The van der Waals surface area contributed by atoms with E-state index in [0.29, 0.717) is 5.92 Å². The van der Waals surface area contributed by atoms with E-state index in [-0.39, 0.29) is 0 Å². The molecule has 0 aromatic carbocycles. The number of piperidine rings is 1. The molecule has 1 N–H and O–H groups in total. The first-order valence-electron chi connectivity index (χ1n) is 4.12. The minimum absolute atomic E-state index is 0.661. The van der Waals surface area contributed by atoms with Crippen molar-refractivity contribution in [1.29, 1.82) is 0 Å². The molecular weight excluding hydrogens is 124 g/mol. The monoisotopic (exact) mass is 140 g/mol. The second-order valence-electron chi connectivity index (χ2n) is 2.83. The summed E-state index contributed by atoms with van der Waals surface area (Å²) in [5, 5.41) is 3.32. The van der Waals surface area contributed by atoms with Crippen molar-refractivity contribution in [3.8, 4) is 0 Å². The Labute approximate surface area is 62.7 Å². The molecule has 1 atom stereocenters. The summed E-state index contributed by atoms with van der Waals surface area (Å²) in [7, 11) is 0. The molecule has 10 heavy (non-hydrogen) atoms. The van der Waals surface area contributed by atoms with Crippen molar-refractivity contribution in [1.82, 2.24) is 5.32 Å². The lowest BCUT2D eigenvalue weighted by atomic mass is 10.0. The Morgan fingerprint density at radius 2 is 2.50 bits per heavy atom. The van der Waals surface area contributed by atoms with Crippen LogP contribution < -0.4 is 5.32 Å². The Morgan fingerprint density at radius 3 is 3.10 bits per heavy atom. The van der Waals surface area contributed by atoms with Crippen LogP contribution in [-0.4, -0.2) is 18.9 Å². The molecule has 1 heterocycles. The number of nitrogens with one attached hydrogen (secondary N) is 1. The first kappa shape index (κ1) is 7.58. The van der Waals surface area contributed by atoms with E-state index in [1.807, 2.05) is 0 Å². The van der Waals surface area contributed by atoms with Gasteiger partial charge in [-0.3, -0.25) is 4.99 Å². The lowest BCUT2D eigenvalue weighted by molar-refractivity contribution is 0.557. The summed E-state index contributed by atoms with van der Waals surface area (Å²) in [5.74, 6) is 1.88. The van der Waals surface area contributed by atoms with Crippen molar-refractivity contribution in [2.45, 2.75) is 26.7 Å². The zero-order valence-corrected chi connectivity index (χ0v) is 6.85. The van der Waals surface area contributed by atoms with Crippen LogP contribution in [0.2, 0.25) is 0 Å². The van der Waals surface area contributed by atoms with Crippen LogP contribution >= 0.6 is 0 Å². The molecule has 1 fully saturated rings. The normalized spacial score (nSPS) is 30.2. The fourth-order valence-electron chi connectivity index (χ4n) is 1.32. The molecular formula is C8H16N2. The molecule has 58 valence electrons. The maximum Gasteiger partial charge on any atom is 0.0991 e. The van der Waals surface area contributed by atoms with Crippen LogP contribution in [0.5, 0.6) is 0 Å². The molecule has 0 bridgehead atoms. The van der Waals surface area contributed by atoms with Gasteiger partial charge in [0.25, 0.3) is 0 Å². The van der Waals surface area contributed by atoms with E-state index in [0.717, 1.165) is 13.1 Å². The van der Waals surface area contributed by atoms with Gasteiger partial charge in [-0.15, -0.1) is 0 Å². The van der Waals surface area contributed by atoms with Gasteiger partial charge in [0.15, 0.2) is 0 Å². The molecule has 0 aromatic rings. The fraction of sp³-hybridized carbons (Fsp3) is 0.875. The maximum absolute atomic E-state index is 4.37. The molecule has 1 aliphatic rings. The van der Waals surface area contributed by atoms with E-state index in [4.69, 9.17) is 0 Å². The zero-order valence-electron chi connectivity index (χ0n) is 6.85. The fourth-order valence-corrected chi connectivity index (χ4v) is 1.32. The molecule has 0 amide bonds. The lowest BCUT2D eigenvalue weighted by Crippen LogP contribution is -2.35. The zero-order chi connectivity index (χ0) is 7.40. The van der Waals surface area contributed by atoms with E-state index < -0.39 is 0 Å². The lowest BCUT2D eigenvalue weighted by Gasteiger charge is -2.21. The Morgan fingerprint density at radius 1 is 1.70 bits per heavy atom. The summed E-state index contributed by atoms with van der Waals surface area (Å²) < 4.78 is 0. The molecule has 1 aliphatic heterocycles. The Balaban J connectivity index is 2.47.